The first-order chi connectivity index (χ1) is 6.24. The fraction of sp³-hybridized carbons (Fsp3) is 0.800. The van der Waals surface area contributed by atoms with E-state index in [0.29, 0.717) is 19.4 Å². The summed E-state index contributed by atoms with van der Waals surface area (Å²) in [4.78, 5) is 21.1. The molecule has 75 valence electrons. The van der Waals surface area contributed by atoms with Crippen LogP contribution in [0.1, 0.15) is 39.5 Å². The van der Waals surface area contributed by atoms with Crippen molar-refractivity contribution >= 4 is 12.3 Å². The van der Waals surface area contributed by atoms with Crippen LogP contribution in [-0.4, -0.2) is 18.9 Å². The molecular weight excluding hydrogens is 168 g/mol. The minimum Gasteiger partial charge on any atom is -0.466 e. The highest BCUT2D eigenvalue weighted by Crippen LogP contribution is 2.08. The quantitative estimate of drug-likeness (QED) is 0.568. The van der Waals surface area contributed by atoms with Crippen molar-refractivity contribution in [1.82, 2.24) is 0 Å². The third-order valence-corrected chi connectivity index (χ3v) is 1.82. The molecule has 1 radical (unpaired) electrons. The average Bonchev–Trinajstić information content (AvgIpc) is 2.16. The molecule has 0 fully saturated rings. The Bertz CT molecular complexity index is 154. The lowest BCUT2D eigenvalue weighted by atomic mass is 10.0. The second-order valence-electron chi connectivity index (χ2n) is 2.97. The van der Waals surface area contributed by atoms with Gasteiger partial charge in [0, 0.05) is 12.3 Å². The topological polar surface area (TPSA) is 43.4 Å². The van der Waals surface area contributed by atoms with Crippen molar-refractivity contribution in [3.63, 3.8) is 0 Å². The Morgan fingerprint density at radius 2 is 2.08 bits per heavy atom. The van der Waals surface area contributed by atoms with Gasteiger partial charge in [0.15, 0.2) is 0 Å². The fourth-order valence-electron chi connectivity index (χ4n) is 1.03. The first kappa shape index (κ1) is 12.1. The van der Waals surface area contributed by atoms with Crippen LogP contribution in [0.4, 0.5) is 0 Å². The zero-order chi connectivity index (χ0) is 10.1. The maximum atomic E-state index is 10.7. The molecule has 13 heavy (non-hydrogen) atoms. The lowest BCUT2D eigenvalue weighted by molar-refractivity contribution is -0.143. The zero-order valence-electron chi connectivity index (χ0n) is 8.34. The lowest BCUT2D eigenvalue weighted by Gasteiger charge is -2.07. The predicted octanol–water partition coefficient (Wildman–Crippen LogP) is 1.86. The van der Waals surface area contributed by atoms with E-state index in [9.17, 15) is 9.59 Å². The van der Waals surface area contributed by atoms with Gasteiger partial charge in [-0.1, -0.05) is 20.3 Å². The number of rotatable bonds is 7. The normalized spacial score (nSPS) is 12.2. The summed E-state index contributed by atoms with van der Waals surface area (Å²) in [5.74, 6) is -0.282. The minimum atomic E-state index is -0.207. The van der Waals surface area contributed by atoms with Gasteiger partial charge >= 0.3 is 5.97 Å². The monoisotopic (exact) mass is 185 g/mol. The molecular formula is C10H17O3. The Morgan fingerprint density at radius 1 is 1.38 bits per heavy atom. The van der Waals surface area contributed by atoms with E-state index < -0.39 is 0 Å². The molecule has 0 bridgehead atoms. The van der Waals surface area contributed by atoms with Gasteiger partial charge in [0.2, 0.25) is 6.29 Å². The predicted molar refractivity (Wildman–Crippen MR) is 50.0 cm³/mol. The molecule has 0 aliphatic rings. The number of carbonyl (C=O) groups excluding carboxylic acids is 2. The summed E-state index contributed by atoms with van der Waals surface area (Å²) >= 11 is 0. The van der Waals surface area contributed by atoms with Gasteiger partial charge in [-0.2, -0.15) is 0 Å². The van der Waals surface area contributed by atoms with E-state index in [-0.39, 0.29) is 11.9 Å². The molecule has 0 saturated heterocycles. The van der Waals surface area contributed by atoms with Crippen LogP contribution in [0.3, 0.4) is 0 Å². The first-order valence-corrected chi connectivity index (χ1v) is 4.77. The molecule has 1 atom stereocenters. The van der Waals surface area contributed by atoms with Gasteiger partial charge < -0.3 is 4.74 Å². The maximum Gasteiger partial charge on any atom is 0.305 e. The third kappa shape index (κ3) is 6.31. The van der Waals surface area contributed by atoms with Gasteiger partial charge in [0.1, 0.15) is 0 Å². The third-order valence-electron chi connectivity index (χ3n) is 1.82. The van der Waals surface area contributed by atoms with E-state index >= 15 is 0 Å². The molecule has 3 nitrogen and oxygen atoms in total. The summed E-state index contributed by atoms with van der Waals surface area (Å²) in [7, 11) is 0. The van der Waals surface area contributed by atoms with Crippen molar-refractivity contribution in [3.8, 4) is 0 Å². The van der Waals surface area contributed by atoms with Gasteiger partial charge in [0.25, 0.3) is 0 Å². The Morgan fingerprint density at radius 3 is 2.54 bits per heavy atom. The standard InChI is InChI=1S/C10H17O3/c1-3-5-9(8-11)6-7-13-10(12)4-2/h9H,3-7H2,1-2H3. The van der Waals surface area contributed by atoms with Crippen molar-refractivity contribution in [2.45, 2.75) is 39.5 Å². The summed E-state index contributed by atoms with van der Waals surface area (Å²) in [6, 6.07) is 0. The molecule has 0 spiro atoms. The van der Waals surface area contributed by atoms with Crippen molar-refractivity contribution in [2.75, 3.05) is 6.61 Å². The molecule has 0 aromatic carbocycles. The van der Waals surface area contributed by atoms with Crippen LogP contribution in [0.2, 0.25) is 0 Å². The molecule has 0 amide bonds. The van der Waals surface area contributed by atoms with Crippen LogP contribution >= 0.6 is 0 Å². The van der Waals surface area contributed by atoms with Crippen LogP contribution in [0.25, 0.3) is 0 Å². The van der Waals surface area contributed by atoms with E-state index in [0.717, 1.165) is 12.8 Å². The average molecular weight is 185 g/mol. The van der Waals surface area contributed by atoms with Gasteiger partial charge in [-0.15, -0.1) is 0 Å². The lowest BCUT2D eigenvalue weighted by Crippen LogP contribution is -2.10. The Balaban J connectivity index is 3.48. The molecule has 0 aliphatic carbocycles. The number of esters is 1. The molecule has 0 heterocycles. The zero-order valence-corrected chi connectivity index (χ0v) is 8.34. The molecule has 0 rings (SSSR count). The number of hydrogen-bond donors (Lipinski definition) is 0. The SMILES string of the molecule is CCCC([C]=O)CCOC(=O)CC. The molecule has 1 unspecified atom stereocenters. The van der Waals surface area contributed by atoms with Crippen molar-refractivity contribution in [3.05, 3.63) is 0 Å². The summed E-state index contributed by atoms with van der Waals surface area (Å²) in [5.41, 5.74) is 0. The summed E-state index contributed by atoms with van der Waals surface area (Å²) in [6.07, 6.45) is 4.73. The smallest absolute Gasteiger partial charge is 0.305 e. The van der Waals surface area contributed by atoms with Crippen molar-refractivity contribution in [1.29, 1.82) is 0 Å². The van der Waals surface area contributed by atoms with Crippen molar-refractivity contribution in [2.24, 2.45) is 5.92 Å². The fourth-order valence-corrected chi connectivity index (χ4v) is 1.03. The highest BCUT2D eigenvalue weighted by Gasteiger charge is 2.08. The van der Waals surface area contributed by atoms with E-state index in [1.807, 2.05) is 13.2 Å². The van der Waals surface area contributed by atoms with Gasteiger partial charge in [-0.3, -0.25) is 9.59 Å². The number of carbonyl (C=O) groups is 1. The molecule has 0 N–H and O–H groups in total. The van der Waals surface area contributed by atoms with Gasteiger partial charge in [-0.25, -0.2) is 0 Å². The molecule has 0 aromatic rings. The first-order valence-electron chi connectivity index (χ1n) is 4.77. The van der Waals surface area contributed by atoms with E-state index in [1.54, 1.807) is 6.92 Å². The van der Waals surface area contributed by atoms with Crippen LogP contribution in [-0.2, 0) is 14.3 Å². The minimum absolute atomic E-state index is 0.0744. The highest BCUT2D eigenvalue weighted by molar-refractivity contribution is 5.68. The number of ether oxygens (including phenoxy) is 1. The van der Waals surface area contributed by atoms with Gasteiger partial charge in [0.05, 0.1) is 6.61 Å². The molecule has 0 aromatic heterocycles. The number of hydrogen-bond acceptors (Lipinski definition) is 3. The summed E-state index contributed by atoms with van der Waals surface area (Å²) < 4.78 is 4.85. The second-order valence-corrected chi connectivity index (χ2v) is 2.97. The highest BCUT2D eigenvalue weighted by atomic mass is 16.5. The van der Waals surface area contributed by atoms with Crippen LogP contribution in [0, 0.1) is 5.92 Å². The summed E-state index contributed by atoms with van der Waals surface area (Å²) in [5, 5.41) is 0. The van der Waals surface area contributed by atoms with E-state index in [4.69, 9.17) is 4.74 Å². The van der Waals surface area contributed by atoms with Crippen LogP contribution < -0.4 is 0 Å². The molecule has 0 saturated carbocycles. The van der Waals surface area contributed by atoms with Gasteiger partial charge in [-0.05, 0) is 12.8 Å². The van der Waals surface area contributed by atoms with Crippen LogP contribution in [0.15, 0.2) is 0 Å². The molecule has 3 heteroatoms. The second kappa shape index (κ2) is 7.77. The van der Waals surface area contributed by atoms with Crippen LogP contribution in [0.5, 0.6) is 0 Å². The van der Waals surface area contributed by atoms with E-state index in [1.165, 1.54) is 0 Å². The van der Waals surface area contributed by atoms with E-state index in [2.05, 4.69) is 0 Å². The maximum absolute atomic E-state index is 10.7. The van der Waals surface area contributed by atoms with Crippen molar-refractivity contribution < 1.29 is 14.3 Å². The largest absolute Gasteiger partial charge is 0.466 e. The Labute approximate surface area is 79.5 Å². The molecule has 0 aliphatic heterocycles. The Hall–Kier alpha value is -0.860. The summed E-state index contributed by atoms with van der Waals surface area (Å²) in [6.45, 7) is 4.10. The Kier molecular flexibility index (Phi) is 7.26.